The minimum Gasteiger partial charge on any atom is -0.335 e. The maximum atomic E-state index is 13.2. The average molecular weight is 340 g/mol. The van der Waals surface area contributed by atoms with Crippen molar-refractivity contribution in [3.05, 3.63) is 71.5 Å². The fraction of sp³-hybridized carbons (Fsp3) is 0.381. The van der Waals surface area contributed by atoms with E-state index in [4.69, 9.17) is 0 Å². The molecule has 2 aromatic rings. The number of nitrogens with zero attached hydrogens (tertiary/aromatic N) is 2. The van der Waals surface area contributed by atoms with Gasteiger partial charge in [-0.05, 0) is 56.2 Å². The van der Waals surface area contributed by atoms with Crippen molar-refractivity contribution < 1.29 is 9.18 Å². The molecule has 0 bridgehead atoms. The lowest BCUT2D eigenvalue weighted by atomic mass is 10.0. The number of likely N-dealkylation sites (tertiary alicyclic amines) is 1. The van der Waals surface area contributed by atoms with Crippen LogP contribution >= 0.6 is 0 Å². The van der Waals surface area contributed by atoms with Crippen LogP contribution in [-0.4, -0.2) is 41.9 Å². The Morgan fingerprint density at radius 3 is 2.32 bits per heavy atom. The first-order valence-corrected chi connectivity index (χ1v) is 8.88. The molecule has 2 aromatic carbocycles. The molecule has 1 heterocycles. The number of piperidine rings is 1. The number of halogens is 1. The van der Waals surface area contributed by atoms with Gasteiger partial charge < -0.3 is 9.80 Å². The number of hydrogen-bond donors (Lipinski definition) is 0. The van der Waals surface area contributed by atoms with Gasteiger partial charge in [-0.15, -0.1) is 0 Å². The van der Waals surface area contributed by atoms with Crippen molar-refractivity contribution in [2.45, 2.75) is 31.8 Å². The highest BCUT2D eigenvalue weighted by molar-refractivity contribution is 5.79. The largest absolute Gasteiger partial charge is 0.335 e. The van der Waals surface area contributed by atoms with Crippen molar-refractivity contribution in [1.29, 1.82) is 0 Å². The number of rotatable bonds is 5. The lowest BCUT2D eigenvalue weighted by Gasteiger charge is -2.37. The van der Waals surface area contributed by atoms with Gasteiger partial charge in [0.25, 0.3) is 0 Å². The summed E-state index contributed by atoms with van der Waals surface area (Å²) in [6.07, 6.45) is 2.38. The Morgan fingerprint density at radius 1 is 1.04 bits per heavy atom. The van der Waals surface area contributed by atoms with E-state index in [2.05, 4.69) is 11.9 Å². The molecule has 3 rings (SSSR count). The molecule has 0 radical (unpaired) electrons. The highest BCUT2D eigenvalue weighted by atomic mass is 19.1. The van der Waals surface area contributed by atoms with Crippen LogP contribution in [0.1, 0.15) is 24.0 Å². The zero-order chi connectivity index (χ0) is 17.6. The monoisotopic (exact) mass is 340 g/mol. The first-order valence-electron chi connectivity index (χ1n) is 8.88. The molecule has 1 amide bonds. The Morgan fingerprint density at radius 2 is 1.68 bits per heavy atom. The molecular weight excluding hydrogens is 315 g/mol. The minimum atomic E-state index is -0.245. The van der Waals surface area contributed by atoms with E-state index in [1.165, 1.54) is 12.1 Å². The molecule has 132 valence electrons. The Hall–Kier alpha value is -2.20. The summed E-state index contributed by atoms with van der Waals surface area (Å²) in [4.78, 5) is 17.3. The predicted molar refractivity (Wildman–Crippen MR) is 97.6 cm³/mol. The van der Waals surface area contributed by atoms with Crippen molar-refractivity contribution in [1.82, 2.24) is 9.80 Å². The van der Waals surface area contributed by atoms with Gasteiger partial charge in [-0.1, -0.05) is 42.5 Å². The standard InChI is InChI=1S/C21H25FN2O/c1-23-13-11-20(12-14-23)24(16-18-7-9-19(22)10-8-18)21(25)15-17-5-3-2-4-6-17/h2-10,20H,11-16H2,1H3. The molecule has 0 saturated carbocycles. The molecule has 0 unspecified atom stereocenters. The second kappa shape index (κ2) is 8.26. The van der Waals surface area contributed by atoms with E-state index in [-0.39, 0.29) is 17.8 Å². The Kier molecular flexibility index (Phi) is 5.82. The van der Waals surface area contributed by atoms with Gasteiger partial charge in [0.05, 0.1) is 6.42 Å². The first kappa shape index (κ1) is 17.6. The van der Waals surface area contributed by atoms with Gasteiger partial charge in [0.1, 0.15) is 5.82 Å². The third kappa shape index (κ3) is 4.89. The maximum Gasteiger partial charge on any atom is 0.227 e. The van der Waals surface area contributed by atoms with E-state index in [1.54, 1.807) is 12.1 Å². The highest BCUT2D eigenvalue weighted by Gasteiger charge is 2.27. The predicted octanol–water partition coefficient (Wildman–Crippen LogP) is 3.49. The van der Waals surface area contributed by atoms with Crippen molar-refractivity contribution in [2.75, 3.05) is 20.1 Å². The second-order valence-electron chi connectivity index (χ2n) is 6.84. The fourth-order valence-corrected chi connectivity index (χ4v) is 3.39. The molecule has 1 saturated heterocycles. The third-order valence-electron chi connectivity index (χ3n) is 4.91. The quantitative estimate of drug-likeness (QED) is 0.832. The molecule has 4 heteroatoms. The average Bonchev–Trinajstić information content (AvgIpc) is 2.63. The molecule has 3 nitrogen and oxygen atoms in total. The van der Waals surface area contributed by atoms with Gasteiger partial charge in [-0.3, -0.25) is 4.79 Å². The van der Waals surface area contributed by atoms with E-state index in [9.17, 15) is 9.18 Å². The summed E-state index contributed by atoms with van der Waals surface area (Å²) in [7, 11) is 2.12. The van der Waals surface area contributed by atoms with Crippen molar-refractivity contribution in [2.24, 2.45) is 0 Å². The zero-order valence-corrected chi connectivity index (χ0v) is 14.7. The molecule has 0 aliphatic carbocycles. The summed E-state index contributed by atoms with van der Waals surface area (Å²) in [5.74, 6) is -0.102. The van der Waals surface area contributed by atoms with Crippen LogP contribution in [0.5, 0.6) is 0 Å². The Bertz CT molecular complexity index is 679. The molecule has 25 heavy (non-hydrogen) atoms. The number of amides is 1. The summed E-state index contributed by atoms with van der Waals surface area (Å²) in [5, 5.41) is 0. The number of carbonyl (C=O) groups is 1. The molecule has 0 atom stereocenters. The Labute approximate surface area is 149 Å². The van der Waals surface area contributed by atoms with Gasteiger partial charge in [0.2, 0.25) is 5.91 Å². The van der Waals surface area contributed by atoms with Crippen molar-refractivity contribution in [3.63, 3.8) is 0 Å². The van der Waals surface area contributed by atoms with Gasteiger partial charge in [-0.25, -0.2) is 4.39 Å². The lowest BCUT2D eigenvalue weighted by molar-refractivity contribution is -0.134. The van der Waals surface area contributed by atoms with Crippen LogP contribution in [0.3, 0.4) is 0 Å². The summed E-state index contributed by atoms with van der Waals surface area (Å²) in [5.41, 5.74) is 2.01. The van der Waals surface area contributed by atoms with E-state index in [0.717, 1.165) is 37.1 Å². The van der Waals surface area contributed by atoms with E-state index >= 15 is 0 Å². The molecular formula is C21H25FN2O. The van der Waals surface area contributed by atoms with Crippen LogP contribution in [0.4, 0.5) is 4.39 Å². The second-order valence-corrected chi connectivity index (χ2v) is 6.84. The summed E-state index contributed by atoms with van der Waals surface area (Å²) < 4.78 is 13.2. The normalized spacial score (nSPS) is 15.9. The van der Waals surface area contributed by atoms with Gasteiger partial charge in [0.15, 0.2) is 0 Å². The smallest absolute Gasteiger partial charge is 0.227 e. The third-order valence-corrected chi connectivity index (χ3v) is 4.91. The molecule has 1 fully saturated rings. The van der Waals surface area contributed by atoms with E-state index in [0.29, 0.717) is 13.0 Å². The molecule has 0 spiro atoms. The van der Waals surface area contributed by atoms with E-state index in [1.807, 2.05) is 35.2 Å². The van der Waals surface area contributed by atoms with Crippen LogP contribution in [0, 0.1) is 5.82 Å². The molecule has 1 aliphatic rings. The van der Waals surface area contributed by atoms with E-state index < -0.39 is 0 Å². The number of carbonyl (C=O) groups excluding carboxylic acids is 1. The fourth-order valence-electron chi connectivity index (χ4n) is 3.39. The zero-order valence-electron chi connectivity index (χ0n) is 14.7. The van der Waals surface area contributed by atoms with Gasteiger partial charge in [-0.2, -0.15) is 0 Å². The summed E-state index contributed by atoms with van der Waals surface area (Å²) >= 11 is 0. The molecule has 0 N–H and O–H groups in total. The maximum absolute atomic E-state index is 13.2. The number of benzene rings is 2. The highest BCUT2D eigenvalue weighted by Crippen LogP contribution is 2.20. The topological polar surface area (TPSA) is 23.6 Å². The summed E-state index contributed by atoms with van der Waals surface area (Å²) in [6, 6.07) is 16.6. The van der Waals surface area contributed by atoms with Crippen LogP contribution in [0.25, 0.3) is 0 Å². The first-order chi connectivity index (χ1) is 12.1. The molecule has 1 aliphatic heterocycles. The summed E-state index contributed by atoms with van der Waals surface area (Å²) in [6.45, 7) is 2.55. The van der Waals surface area contributed by atoms with Crippen LogP contribution < -0.4 is 0 Å². The van der Waals surface area contributed by atoms with Crippen LogP contribution in [-0.2, 0) is 17.8 Å². The van der Waals surface area contributed by atoms with Crippen LogP contribution in [0.15, 0.2) is 54.6 Å². The van der Waals surface area contributed by atoms with Gasteiger partial charge in [0, 0.05) is 12.6 Å². The molecule has 0 aromatic heterocycles. The van der Waals surface area contributed by atoms with Crippen LogP contribution in [0.2, 0.25) is 0 Å². The van der Waals surface area contributed by atoms with Gasteiger partial charge >= 0.3 is 0 Å². The lowest BCUT2D eigenvalue weighted by Crippen LogP contribution is -2.46. The van der Waals surface area contributed by atoms with Crippen molar-refractivity contribution in [3.8, 4) is 0 Å². The SMILES string of the molecule is CN1CCC(N(Cc2ccc(F)cc2)C(=O)Cc2ccccc2)CC1. The number of hydrogen-bond acceptors (Lipinski definition) is 2. The Balaban J connectivity index is 1.75. The van der Waals surface area contributed by atoms with Crippen molar-refractivity contribution >= 4 is 5.91 Å². The minimum absolute atomic E-state index is 0.144.